The molecule has 19 heavy (non-hydrogen) atoms. The molecule has 0 aliphatic heterocycles. The molecule has 5 nitrogen and oxygen atoms in total. The molecular formula is C13H13ClN4O. The Kier molecular flexibility index (Phi) is 4.30. The van der Waals surface area contributed by atoms with Crippen LogP contribution in [0.4, 0.5) is 5.82 Å². The Morgan fingerprint density at radius 3 is 2.84 bits per heavy atom. The first-order valence-corrected chi connectivity index (χ1v) is 6.00. The summed E-state index contributed by atoms with van der Waals surface area (Å²) in [6.45, 7) is 1.76. The lowest BCUT2D eigenvalue weighted by molar-refractivity contribution is 0.414. The molecule has 0 unspecified atom stereocenters. The van der Waals surface area contributed by atoms with E-state index in [1.54, 1.807) is 26.3 Å². The molecule has 1 aromatic heterocycles. The van der Waals surface area contributed by atoms with Crippen LogP contribution in [0.1, 0.15) is 11.4 Å². The van der Waals surface area contributed by atoms with Crippen molar-refractivity contribution >= 4 is 23.6 Å². The van der Waals surface area contributed by atoms with Gasteiger partial charge in [-0.2, -0.15) is 5.10 Å². The van der Waals surface area contributed by atoms with E-state index < -0.39 is 0 Å². The van der Waals surface area contributed by atoms with Crippen molar-refractivity contribution in [1.82, 2.24) is 9.97 Å². The number of aromatic nitrogens is 2. The first kappa shape index (κ1) is 13.3. The summed E-state index contributed by atoms with van der Waals surface area (Å²) in [5.41, 5.74) is 3.67. The fourth-order valence-electron chi connectivity index (χ4n) is 1.53. The van der Waals surface area contributed by atoms with Crippen LogP contribution in [0.5, 0.6) is 5.75 Å². The van der Waals surface area contributed by atoms with Crippen molar-refractivity contribution in [3.05, 3.63) is 46.9 Å². The minimum atomic E-state index is 0.377. The van der Waals surface area contributed by atoms with E-state index in [-0.39, 0.29) is 0 Å². The van der Waals surface area contributed by atoms with E-state index in [2.05, 4.69) is 20.5 Å². The van der Waals surface area contributed by atoms with Crippen molar-refractivity contribution in [2.45, 2.75) is 6.92 Å². The van der Waals surface area contributed by atoms with Gasteiger partial charge in [0.1, 0.15) is 16.7 Å². The second-order valence-electron chi connectivity index (χ2n) is 3.74. The summed E-state index contributed by atoms with van der Waals surface area (Å²) >= 11 is 5.83. The van der Waals surface area contributed by atoms with E-state index in [0.29, 0.717) is 16.8 Å². The number of hydrogen-bond donors (Lipinski definition) is 1. The van der Waals surface area contributed by atoms with Crippen molar-refractivity contribution in [3.8, 4) is 5.75 Å². The number of halogens is 1. The third kappa shape index (κ3) is 3.66. The predicted molar refractivity (Wildman–Crippen MR) is 76.0 cm³/mol. The van der Waals surface area contributed by atoms with Gasteiger partial charge in [0, 0.05) is 11.6 Å². The molecule has 0 saturated heterocycles. The van der Waals surface area contributed by atoms with Crippen LogP contribution in [0.2, 0.25) is 5.15 Å². The maximum Gasteiger partial charge on any atom is 0.151 e. The molecule has 0 saturated carbocycles. The number of nitrogens with one attached hydrogen (secondary N) is 1. The molecule has 0 atom stereocenters. The lowest BCUT2D eigenvalue weighted by Crippen LogP contribution is -1.98. The minimum Gasteiger partial charge on any atom is -0.496 e. The van der Waals surface area contributed by atoms with Crippen molar-refractivity contribution in [3.63, 3.8) is 0 Å². The molecule has 0 spiro atoms. The van der Waals surface area contributed by atoms with Crippen LogP contribution in [-0.2, 0) is 0 Å². The Bertz CT molecular complexity index is 581. The molecule has 0 bridgehead atoms. The number of hydrazone groups is 1. The summed E-state index contributed by atoms with van der Waals surface area (Å²) in [5, 5.41) is 4.48. The van der Waals surface area contributed by atoms with Gasteiger partial charge in [0.05, 0.1) is 13.3 Å². The van der Waals surface area contributed by atoms with Crippen molar-refractivity contribution < 1.29 is 4.74 Å². The molecule has 0 aliphatic carbocycles. The zero-order valence-electron chi connectivity index (χ0n) is 10.6. The monoisotopic (exact) mass is 276 g/mol. The standard InChI is InChI=1S/C13H13ClN4O/c1-9-16-12(14)7-13(17-9)18-15-8-10-5-3-4-6-11(10)19-2/h3-8H,1-2H3,(H,16,17,18)/b15-8-. The quantitative estimate of drug-likeness (QED) is 0.530. The average Bonchev–Trinajstić information content (AvgIpc) is 2.38. The number of para-hydroxylation sites is 1. The Morgan fingerprint density at radius 1 is 1.32 bits per heavy atom. The SMILES string of the molecule is COc1ccccc1/C=N\Nc1cc(Cl)nc(C)n1. The largest absolute Gasteiger partial charge is 0.496 e. The van der Waals surface area contributed by atoms with Crippen molar-refractivity contribution in [2.75, 3.05) is 12.5 Å². The summed E-state index contributed by atoms with van der Waals surface area (Å²) in [7, 11) is 1.62. The molecule has 1 aromatic carbocycles. The Morgan fingerprint density at radius 2 is 2.11 bits per heavy atom. The number of hydrogen-bond acceptors (Lipinski definition) is 5. The Hall–Kier alpha value is -2.14. The van der Waals surface area contributed by atoms with E-state index in [0.717, 1.165) is 11.3 Å². The average molecular weight is 277 g/mol. The van der Waals surface area contributed by atoms with Gasteiger partial charge in [-0.3, -0.25) is 5.43 Å². The zero-order chi connectivity index (χ0) is 13.7. The van der Waals surface area contributed by atoms with Gasteiger partial charge in [-0.1, -0.05) is 23.7 Å². The van der Waals surface area contributed by atoms with Gasteiger partial charge in [0.25, 0.3) is 0 Å². The smallest absolute Gasteiger partial charge is 0.151 e. The van der Waals surface area contributed by atoms with Crippen LogP contribution in [-0.4, -0.2) is 23.3 Å². The summed E-state index contributed by atoms with van der Waals surface area (Å²) in [6.07, 6.45) is 1.66. The van der Waals surface area contributed by atoms with Crippen LogP contribution in [0.15, 0.2) is 35.4 Å². The summed E-state index contributed by atoms with van der Waals surface area (Å²) in [5.74, 6) is 1.89. The molecule has 2 aromatic rings. The highest BCUT2D eigenvalue weighted by atomic mass is 35.5. The number of benzene rings is 1. The van der Waals surface area contributed by atoms with Crippen LogP contribution in [0, 0.1) is 6.92 Å². The number of nitrogens with zero attached hydrogens (tertiary/aromatic N) is 3. The molecule has 1 heterocycles. The maximum atomic E-state index is 5.83. The molecular weight excluding hydrogens is 264 g/mol. The zero-order valence-corrected chi connectivity index (χ0v) is 11.3. The van der Waals surface area contributed by atoms with Gasteiger partial charge in [-0.15, -0.1) is 0 Å². The number of methoxy groups -OCH3 is 1. The fourth-order valence-corrected chi connectivity index (χ4v) is 1.76. The van der Waals surface area contributed by atoms with Crippen LogP contribution in [0.3, 0.4) is 0 Å². The lowest BCUT2D eigenvalue weighted by Gasteiger charge is -2.04. The molecule has 6 heteroatoms. The Labute approximate surface area is 116 Å². The summed E-state index contributed by atoms with van der Waals surface area (Å²) in [6, 6.07) is 9.19. The molecule has 1 N–H and O–H groups in total. The van der Waals surface area contributed by atoms with Gasteiger partial charge < -0.3 is 4.74 Å². The second kappa shape index (κ2) is 6.15. The van der Waals surface area contributed by atoms with E-state index in [1.165, 1.54) is 0 Å². The summed E-state index contributed by atoms with van der Waals surface area (Å²) < 4.78 is 5.22. The molecule has 2 rings (SSSR count). The molecule has 0 amide bonds. The molecule has 98 valence electrons. The number of anilines is 1. The summed E-state index contributed by atoms with van der Waals surface area (Å²) in [4.78, 5) is 8.13. The highest BCUT2D eigenvalue weighted by molar-refractivity contribution is 6.29. The van der Waals surface area contributed by atoms with Crippen molar-refractivity contribution in [1.29, 1.82) is 0 Å². The van der Waals surface area contributed by atoms with Gasteiger partial charge >= 0.3 is 0 Å². The van der Waals surface area contributed by atoms with E-state index in [9.17, 15) is 0 Å². The van der Waals surface area contributed by atoms with Gasteiger partial charge in [0.15, 0.2) is 5.82 Å². The van der Waals surface area contributed by atoms with E-state index in [4.69, 9.17) is 16.3 Å². The maximum absolute atomic E-state index is 5.83. The van der Waals surface area contributed by atoms with Crippen LogP contribution >= 0.6 is 11.6 Å². The first-order chi connectivity index (χ1) is 9.19. The van der Waals surface area contributed by atoms with E-state index >= 15 is 0 Å². The van der Waals surface area contributed by atoms with Gasteiger partial charge in [-0.05, 0) is 19.1 Å². The third-order valence-electron chi connectivity index (χ3n) is 2.33. The van der Waals surface area contributed by atoms with Crippen LogP contribution in [0.25, 0.3) is 0 Å². The number of rotatable bonds is 4. The number of ether oxygens (including phenoxy) is 1. The van der Waals surface area contributed by atoms with Crippen molar-refractivity contribution in [2.24, 2.45) is 5.10 Å². The molecule has 0 radical (unpaired) electrons. The van der Waals surface area contributed by atoms with Crippen LogP contribution < -0.4 is 10.2 Å². The second-order valence-corrected chi connectivity index (χ2v) is 4.12. The number of aryl methyl sites for hydroxylation is 1. The minimum absolute atomic E-state index is 0.377. The van der Waals surface area contributed by atoms with E-state index in [1.807, 2.05) is 24.3 Å². The fraction of sp³-hybridized carbons (Fsp3) is 0.154. The normalized spacial score (nSPS) is 10.7. The van der Waals surface area contributed by atoms with Gasteiger partial charge in [0.2, 0.25) is 0 Å². The highest BCUT2D eigenvalue weighted by Gasteiger charge is 1.99. The lowest BCUT2D eigenvalue weighted by atomic mass is 10.2. The first-order valence-electron chi connectivity index (χ1n) is 5.62. The molecule has 0 fully saturated rings. The molecule has 0 aliphatic rings. The third-order valence-corrected chi connectivity index (χ3v) is 2.52. The Balaban J connectivity index is 2.11. The van der Waals surface area contributed by atoms with Gasteiger partial charge in [-0.25, -0.2) is 9.97 Å². The topological polar surface area (TPSA) is 59.4 Å². The highest BCUT2D eigenvalue weighted by Crippen LogP contribution is 2.15. The predicted octanol–water partition coefficient (Wildman–Crippen LogP) is 2.89.